The Bertz CT molecular complexity index is 377. The van der Waals surface area contributed by atoms with Crippen LogP contribution in [0.3, 0.4) is 0 Å². The highest BCUT2D eigenvalue weighted by Crippen LogP contribution is 2.23. The zero-order valence-corrected chi connectivity index (χ0v) is 10.1. The van der Waals surface area contributed by atoms with Gasteiger partial charge in [-0.2, -0.15) is 0 Å². The molecule has 0 atom stereocenters. The summed E-state index contributed by atoms with van der Waals surface area (Å²) in [4.78, 5) is 5.91. The molecular formula is C11H15ClFN3. The van der Waals surface area contributed by atoms with Crippen molar-refractivity contribution < 1.29 is 4.39 Å². The highest BCUT2D eigenvalue weighted by molar-refractivity contribution is 6.30. The van der Waals surface area contributed by atoms with Crippen molar-refractivity contribution in [3.05, 3.63) is 23.1 Å². The summed E-state index contributed by atoms with van der Waals surface area (Å²) in [5.41, 5.74) is 0. The van der Waals surface area contributed by atoms with Crippen molar-refractivity contribution in [3.8, 4) is 0 Å². The number of pyridine rings is 1. The van der Waals surface area contributed by atoms with Gasteiger partial charge in [0, 0.05) is 31.4 Å². The molecule has 1 aliphatic heterocycles. The molecule has 2 rings (SSSR count). The zero-order valence-electron chi connectivity index (χ0n) is 9.37. The van der Waals surface area contributed by atoms with Crippen molar-refractivity contribution in [3.63, 3.8) is 0 Å². The number of hydrogen-bond donors (Lipinski definition) is 1. The molecule has 0 bridgehead atoms. The Labute approximate surface area is 99.6 Å². The standard InChI is InChI=1S/C11H15ClFN3/c1-7(2)15-9-5-16(6-9)11-10(13)3-8(12)4-14-11/h3-4,7,9,15H,5-6H2,1-2H3. The van der Waals surface area contributed by atoms with Gasteiger partial charge in [0.2, 0.25) is 0 Å². The van der Waals surface area contributed by atoms with E-state index in [2.05, 4.69) is 24.1 Å². The van der Waals surface area contributed by atoms with Gasteiger partial charge in [0.1, 0.15) is 0 Å². The molecular weight excluding hydrogens is 229 g/mol. The van der Waals surface area contributed by atoms with Gasteiger partial charge in [-0.3, -0.25) is 0 Å². The molecule has 0 spiro atoms. The van der Waals surface area contributed by atoms with Crippen LogP contribution in [0.2, 0.25) is 5.02 Å². The summed E-state index contributed by atoms with van der Waals surface area (Å²) in [5.74, 6) is 0.0432. The summed E-state index contributed by atoms with van der Waals surface area (Å²) in [7, 11) is 0. The highest BCUT2D eigenvalue weighted by atomic mass is 35.5. The zero-order chi connectivity index (χ0) is 11.7. The van der Waals surface area contributed by atoms with Gasteiger partial charge < -0.3 is 10.2 Å². The predicted molar refractivity (Wildman–Crippen MR) is 63.5 cm³/mol. The van der Waals surface area contributed by atoms with Crippen LogP contribution in [0, 0.1) is 5.82 Å². The van der Waals surface area contributed by atoms with E-state index in [1.54, 1.807) is 0 Å². The van der Waals surface area contributed by atoms with E-state index in [9.17, 15) is 4.39 Å². The number of halogens is 2. The van der Waals surface area contributed by atoms with Gasteiger partial charge >= 0.3 is 0 Å². The van der Waals surface area contributed by atoms with Gasteiger partial charge in [-0.1, -0.05) is 25.4 Å². The smallest absolute Gasteiger partial charge is 0.167 e. The number of nitrogens with one attached hydrogen (secondary N) is 1. The average Bonchev–Trinajstić information content (AvgIpc) is 2.11. The highest BCUT2D eigenvalue weighted by Gasteiger charge is 2.29. The van der Waals surface area contributed by atoms with Crippen molar-refractivity contribution in [1.29, 1.82) is 0 Å². The summed E-state index contributed by atoms with van der Waals surface area (Å²) in [6, 6.07) is 2.18. The Morgan fingerprint density at radius 1 is 1.56 bits per heavy atom. The van der Waals surface area contributed by atoms with E-state index < -0.39 is 0 Å². The molecule has 1 aliphatic rings. The van der Waals surface area contributed by atoms with E-state index in [-0.39, 0.29) is 5.82 Å². The van der Waals surface area contributed by atoms with E-state index in [1.165, 1.54) is 12.3 Å². The largest absolute Gasteiger partial charge is 0.351 e. The molecule has 88 valence electrons. The van der Waals surface area contributed by atoms with Crippen LogP contribution in [-0.2, 0) is 0 Å². The molecule has 16 heavy (non-hydrogen) atoms. The second-order valence-corrected chi connectivity index (χ2v) is 4.82. The normalized spacial score (nSPS) is 16.7. The first-order valence-corrected chi connectivity index (χ1v) is 5.76. The Balaban J connectivity index is 1.96. The van der Waals surface area contributed by atoms with Crippen LogP contribution in [0.15, 0.2) is 12.3 Å². The molecule has 0 aliphatic carbocycles. The van der Waals surface area contributed by atoms with E-state index >= 15 is 0 Å². The minimum absolute atomic E-state index is 0.332. The molecule has 1 aromatic heterocycles. The predicted octanol–water partition coefficient (Wildman–Crippen LogP) is 2.06. The maximum absolute atomic E-state index is 13.5. The first kappa shape index (κ1) is 11.6. The number of nitrogens with zero attached hydrogens (tertiary/aromatic N) is 2. The first-order chi connectivity index (χ1) is 7.56. The second-order valence-electron chi connectivity index (χ2n) is 4.38. The quantitative estimate of drug-likeness (QED) is 0.881. The van der Waals surface area contributed by atoms with Gasteiger partial charge in [0.05, 0.1) is 5.02 Å². The van der Waals surface area contributed by atoms with Crippen molar-refractivity contribution in [2.24, 2.45) is 0 Å². The fraction of sp³-hybridized carbons (Fsp3) is 0.545. The van der Waals surface area contributed by atoms with Crippen LogP contribution in [-0.4, -0.2) is 30.2 Å². The Morgan fingerprint density at radius 3 is 2.81 bits per heavy atom. The molecule has 3 nitrogen and oxygen atoms in total. The van der Waals surface area contributed by atoms with Gasteiger partial charge in [-0.15, -0.1) is 0 Å². The lowest BCUT2D eigenvalue weighted by molar-refractivity contribution is 0.383. The van der Waals surface area contributed by atoms with E-state index in [0.29, 0.717) is 22.9 Å². The molecule has 5 heteroatoms. The maximum atomic E-state index is 13.5. The van der Waals surface area contributed by atoms with Crippen molar-refractivity contribution in [2.75, 3.05) is 18.0 Å². The van der Waals surface area contributed by atoms with Crippen LogP contribution in [0.4, 0.5) is 10.2 Å². The van der Waals surface area contributed by atoms with Crippen molar-refractivity contribution >= 4 is 17.4 Å². The second kappa shape index (κ2) is 4.55. The van der Waals surface area contributed by atoms with Crippen molar-refractivity contribution in [1.82, 2.24) is 10.3 Å². The van der Waals surface area contributed by atoms with Crippen LogP contribution in [0.1, 0.15) is 13.8 Å². The molecule has 0 aromatic carbocycles. The molecule has 0 saturated carbocycles. The lowest BCUT2D eigenvalue weighted by Crippen LogP contribution is -2.60. The first-order valence-electron chi connectivity index (χ1n) is 5.38. The third-order valence-corrected chi connectivity index (χ3v) is 2.75. The van der Waals surface area contributed by atoms with E-state index in [0.717, 1.165) is 13.1 Å². The van der Waals surface area contributed by atoms with Gasteiger partial charge in [0.15, 0.2) is 11.6 Å². The summed E-state index contributed by atoms with van der Waals surface area (Å²) in [6.07, 6.45) is 1.48. The molecule has 0 amide bonds. The van der Waals surface area contributed by atoms with Crippen LogP contribution >= 0.6 is 11.6 Å². The third kappa shape index (κ3) is 2.44. The number of anilines is 1. The van der Waals surface area contributed by atoms with Gasteiger partial charge in [-0.05, 0) is 6.07 Å². The number of aromatic nitrogens is 1. The van der Waals surface area contributed by atoms with Gasteiger partial charge in [-0.25, -0.2) is 9.37 Å². The molecule has 0 unspecified atom stereocenters. The molecule has 1 N–H and O–H groups in total. The summed E-state index contributed by atoms with van der Waals surface area (Å²) >= 11 is 5.65. The molecule has 1 saturated heterocycles. The third-order valence-electron chi connectivity index (χ3n) is 2.54. The van der Waals surface area contributed by atoms with Crippen LogP contribution in [0.25, 0.3) is 0 Å². The number of hydrogen-bond acceptors (Lipinski definition) is 3. The minimum atomic E-state index is -0.351. The Kier molecular flexibility index (Phi) is 3.30. The minimum Gasteiger partial charge on any atom is -0.351 e. The van der Waals surface area contributed by atoms with E-state index in [1.807, 2.05) is 4.90 Å². The maximum Gasteiger partial charge on any atom is 0.167 e. The molecule has 1 aromatic rings. The monoisotopic (exact) mass is 243 g/mol. The fourth-order valence-corrected chi connectivity index (χ4v) is 2.01. The van der Waals surface area contributed by atoms with Crippen LogP contribution < -0.4 is 10.2 Å². The molecule has 2 heterocycles. The average molecular weight is 244 g/mol. The molecule has 0 radical (unpaired) electrons. The van der Waals surface area contributed by atoms with Gasteiger partial charge in [0.25, 0.3) is 0 Å². The summed E-state index contributed by atoms with van der Waals surface area (Å²) in [5, 5.41) is 3.72. The lowest BCUT2D eigenvalue weighted by Gasteiger charge is -2.41. The Hall–Kier alpha value is -0.870. The Morgan fingerprint density at radius 2 is 2.25 bits per heavy atom. The summed E-state index contributed by atoms with van der Waals surface area (Å²) in [6.45, 7) is 5.79. The fourth-order valence-electron chi connectivity index (χ4n) is 1.87. The summed E-state index contributed by atoms with van der Waals surface area (Å²) < 4.78 is 13.5. The van der Waals surface area contributed by atoms with E-state index in [4.69, 9.17) is 11.6 Å². The van der Waals surface area contributed by atoms with Crippen molar-refractivity contribution in [2.45, 2.75) is 25.9 Å². The lowest BCUT2D eigenvalue weighted by atomic mass is 10.1. The molecule has 1 fully saturated rings. The number of rotatable bonds is 3. The SMILES string of the molecule is CC(C)NC1CN(c2ncc(Cl)cc2F)C1. The van der Waals surface area contributed by atoms with Crippen LogP contribution in [0.5, 0.6) is 0 Å². The topological polar surface area (TPSA) is 28.2 Å².